The Morgan fingerprint density at radius 2 is 1.96 bits per heavy atom. The van der Waals surface area contributed by atoms with Crippen LogP contribution in [0.1, 0.15) is 44.4 Å². The number of likely N-dealkylation sites (tertiary alicyclic amines) is 2. The third kappa shape index (κ3) is 4.17. The van der Waals surface area contributed by atoms with Crippen LogP contribution < -0.4 is 5.32 Å². The molecule has 1 aromatic rings. The average Bonchev–Trinajstić information content (AvgIpc) is 3.28. The number of nitrogens with one attached hydrogen (secondary N) is 1. The van der Waals surface area contributed by atoms with Crippen LogP contribution in [0.5, 0.6) is 0 Å². The number of furan rings is 1. The van der Waals surface area contributed by atoms with Gasteiger partial charge in [0.2, 0.25) is 11.8 Å². The molecule has 3 heterocycles. The van der Waals surface area contributed by atoms with E-state index in [1.165, 1.54) is 0 Å². The van der Waals surface area contributed by atoms with Gasteiger partial charge >= 0.3 is 0 Å². The lowest BCUT2D eigenvalue weighted by molar-refractivity contribution is -0.136. The molecule has 2 amide bonds. The third-order valence-corrected chi connectivity index (χ3v) is 5.07. The molecule has 0 bridgehead atoms. The molecular formula is C18H27N3O3. The van der Waals surface area contributed by atoms with Gasteiger partial charge in [-0.25, -0.2) is 0 Å². The van der Waals surface area contributed by atoms with Crippen LogP contribution in [-0.4, -0.2) is 54.3 Å². The summed E-state index contributed by atoms with van der Waals surface area (Å²) in [6.07, 6.45) is 5.60. The minimum Gasteiger partial charge on any atom is -0.467 e. The Morgan fingerprint density at radius 3 is 2.58 bits per heavy atom. The van der Waals surface area contributed by atoms with Crippen molar-refractivity contribution in [3.8, 4) is 0 Å². The van der Waals surface area contributed by atoms with Crippen LogP contribution in [0.25, 0.3) is 0 Å². The molecular weight excluding hydrogens is 306 g/mol. The van der Waals surface area contributed by atoms with E-state index >= 15 is 0 Å². The first-order chi connectivity index (χ1) is 11.6. The summed E-state index contributed by atoms with van der Waals surface area (Å²) < 4.78 is 5.30. The van der Waals surface area contributed by atoms with Crippen LogP contribution in [0.4, 0.5) is 0 Å². The fourth-order valence-electron chi connectivity index (χ4n) is 3.63. The number of rotatable bonds is 5. The summed E-state index contributed by atoms with van der Waals surface area (Å²) in [5.74, 6) is 1.23. The number of carbonyl (C=O) groups is 2. The van der Waals surface area contributed by atoms with Crippen LogP contribution in [-0.2, 0) is 9.59 Å². The van der Waals surface area contributed by atoms with E-state index in [-0.39, 0.29) is 17.9 Å². The first-order valence-electron chi connectivity index (χ1n) is 8.97. The molecule has 2 aliphatic rings. The largest absolute Gasteiger partial charge is 0.467 e. The Morgan fingerprint density at radius 1 is 1.25 bits per heavy atom. The molecule has 132 valence electrons. The second-order valence-corrected chi connectivity index (χ2v) is 6.89. The van der Waals surface area contributed by atoms with Gasteiger partial charge in [0.1, 0.15) is 5.76 Å². The predicted octanol–water partition coefficient (Wildman–Crippen LogP) is 1.79. The monoisotopic (exact) mass is 333 g/mol. The normalized spacial score (nSPS) is 21.0. The van der Waals surface area contributed by atoms with Crippen LogP contribution in [0.3, 0.4) is 0 Å². The van der Waals surface area contributed by atoms with Gasteiger partial charge in [0.25, 0.3) is 0 Å². The Balaban J connectivity index is 1.40. The number of hydrogen-bond acceptors (Lipinski definition) is 4. The van der Waals surface area contributed by atoms with Gasteiger partial charge in [0, 0.05) is 19.0 Å². The molecule has 0 aliphatic carbocycles. The fraction of sp³-hybridized carbons (Fsp3) is 0.667. The van der Waals surface area contributed by atoms with E-state index in [1.807, 2.05) is 24.0 Å². The highest BCUT2D eigenvalue weighted by Crippen LogP contribution is 2.22. The highest BCUT2D eigenvalue weighted by molar-refractivity contribution is 5.80. The summed E-state index contributed by atoms with van der Waals surface area (Å²) in [6.45, 7) is 5.77. The van der Waals surface area contributed by atoms with Crippen molar-refractivity contribution in [1.29, 1.82) is 0 Å². The molecule has 1 unspecified atom stereocenters. The van der Waals surface area contributed by atoms with E-state index in [0.717, 1.165) is 57.6 Å². The van der Waals surface area contributed by atoms with E-state index < -0.39 is 0 Å². The maximum Gasteiger partial charge on any atom is 0.234 e. The van der Waals surface area contributed by atoms with Crippen molar-refractivity contribution in [2.45, 2.75) is 38.6 Å². The molecule has 24 heavy (non-hydrogen) atoms. The topological polar surface area (TPSA) is 65.8 Å². The van der Waals surface area contributed by atoms with E-state index in [1.54, 1.807) is 6.26 Å². The molecule has 0 saturated carbocycles. The Bertz CT molecular complexity index is 544. The van der Waals surface area contributed by atoms with Crippen LogP contribution in [0, 0.1) is 5.92 Å². The maximum atomic E-state index is 12.4. The van der Waals surface area contributed by atoms with Gasteiger partial charge in [0.05, 0.1) is 18.8 Å². The van der Waals surface area contributed by atoms with Crippen LogP contribution in [0.2, 0.25) is 0 Å². The lowest BCUT2D eigenvalue weighted by atomic mass is 9.95. The van der Waals surface area contributed by atoms with E-state index in [4.69, 9.17) is 4.42 Å². The molecule has 2 saturated heterocycles. The van der Waals surface area contributed by atoms with Gasteiger partial charge < -0.3 is 14.6 Å². The molecule has 0 aromatic carbocycles. The van der Waals surface area contributed by atoms with E-state index in [2.05, 4.69) is 10.2 Å². The van der Waals surface area contributed by atoms with Crippen molar-refractivity contribution in [3.63, 3.8) is 0 Å². The van der Waals surface area contributed by atoms with Gasteiger partial charge in [-0.15, -0.1) is 0 Å². The molecule has 2 aliphatic heterocycles. The number of amides is 2. The summed E-state index contributed by atoms with van der Waals surface area (Å²) in [6, 6.07) is 3.56. The van der Waals surface area contributed by atoms with Crippen LogP contribution in [0.15, 0.2) is 22.8 Å². The van der Waals surface area contributed by atoms with Crippen molar-refractivity contribution >= 4 is 11.8 Å². The molecule has 1 aromatic heterocycles. The zero-order valence-electron chi connectivity index (χ0n) is 14.4. The molecule has 1 atom stereocenters. The molecule has 3 rings (SSSR count). The van der Waals surface area contributed by atoms with Crippen molar-refractivity contribution in [2.75, 3.05) is 32.7 Å². The van der Waals surface area contributed by atoms with Gasteiger partial charge in [0.15, 0.2) is 0 Å². The predicted molar refractivity (Wildman–Crippen MR) is 90.2 cm³/mol. The van der Waals surface area contributed by atoms with Gasteiger partial charge in [-0.05, 0) is 57.8 Å². The minimum absolute atomic E-state index is 0.00298. The summed E-state index contributed by atoms with van der Waals surface area (Å²) in [4.78, 5) is 28.7. The first-order valence-corrected chi connectivity index (χ1v) is 8.97. The van der Waals surface area contributed by atoms with Crippen molar-refractivity contribution in [3.05, 3.63) is 24.2 Å². The van der Waals surface area contributed by atoms with Crippen molar-refractivity contribution in [2.24, 2.45) is 5.92 Å². The molecule has 6 heteroatoms. The van der Waals surface area contributed by atoms with Gasteiger partial charge in [-0.3, -0.25) is 14.5 Å². The zero-order valence-corrected chi connectivity index (χ0v) is 14.4. The van der Waals surface area contributed by atoms with Gasteiger partial charge in [-0.2, -0.15) is 0 Å². The maximum absolute atomic E-state index is 12.4. The lowest BCUT2D eigenvalue weighted by Gasteiger charge is -2.32. The number of hydrogen-bond donors (Lipinski definition) is 1. The Hall–Kier alpha value is -1.82. The summed E-state index contributed by atoms with van der Waals surface area (Å²) in [5, 5.41) is 2.96. The fourth-order valence-corrected chi connectivity index (χ4v) is 3.63. The summed E-state index contributed by atoms with van der Waals surface area (Å²) >= 11 is 0. The molecule has 0 radical (unpaired) electrons. The number of carbonyl (C=O) groups excluding carboxylic acids is 2. The first kappa shape index (κ1) is 17.0. The molecule has 2 fully saturated rings. The SMILES string of the molecule is CC(NC(=O)CN1CCC(C(=O)N2CCCC2)CC1)c1ccco1. The lowest BCUT2D eigenvalue weighted by Crippen LogP contribution is -2.45. The smallest absolute Gasteiger partial charge is 0.234 e. The van der Waals surface area contributed by atoms with E-state index in [0.29, 0.717) is 12.5 Å². The van der Waals surface area contributed by atoms with Crippen molar-refractivity contribution < 1.29 is 14.0 Å². The third-order valence-electron chi connectivity index (χ3n) is 5.07. The molecule has 6 nitrogen and oxygen atoms in total. The number of nitrogens with zero attached hydrogens (tertiary/aromatic N) is 2. The second kappa shape index (κ2) is 7.83. The Kier molecular flexibility index (Phi) is 5.56. The van der Waals surface area contributed by atoms with Crippen molar-refractivity contribution in [1.82, 2.24) is 15.1 Å². The molecule has 1 N–H and O–H groups in total. The van der Waals surface area contributed by atoms with E-state index in [9.17, 15) is 9.59 Å². The average molecular weight is 333 g/mol. The molecule has 0 spiro atoms. The van der Waals surface area contributed by atoms with Gasteiger partial charge in [-0.1, -0.05) is 0 Å². The minimum atomic E-state index is -0.123. The quantitative estimate of drug-likeness (QED) is 0.892. The zero-order chi connectivity index (χ0) is 16.9. The summed E-state index contributed by atoms with van der Waals surface area (Å²) in [7, 11) is 0. The Labute approximate surface area is 143 Å². The highest BCUT2D eigenvalue weighted by Gasteiger charge is 2.30. The standard InChI is InChI=1S/C18H27N3O3/c1-14(16-5-4-12-24-16)19-17(22)13-20-10-6-15(7-11-20)18(23)21-8-2-3-9-21/h4-5,12,14-15H,2-3,6-11,13H2,1H3,(H,19,22). The second-order valence-electron chi connectivity index (χ2n) is 6.89. The van der Waals surface area contributed by atoms with Crippen LogP contribution >= 0.6 is 0 Å². The number of piperidine rings is 1. The highest BCUT2D eigenvalue weighted by atomic mass is 16.3. The summed E-state index contributed by atoms with van der Waals surface area (Å²) in [5.41, 5.74) is 0.